The predicted octanol–water partition coefficient (Wildman–Crippen LogP) is 2.80. The number of urea groups is 1. The van der Waals surface area contributed by atoms with Crippen molar-refractivity contribution in [3.05, 3.63) is 30.5 Å². The molecule has 21 heavy (non-hydrogen) atoms. The Labute approximate surface area is 125 Å². The van der Waals surface area contributed by atoms with Crippen molar-refractivity contribution < 1.29 is 9.90 Å². The second kappa shape index (κ2) is 7.13. The van der Waals surface area contributed by atoms with E-state index in [1.165, 1.54) is 5.39 Å². The van der Waals surface area contributed by atoms with Crippen molar-refractivity contribution in [3.63, 3.8) is 0 Å². The highest BCUT2D eigenvalue weighted by atomic mass is 16.3. The predicted molar refractivity (Wildman–Crippen MR) is 85.5 cm³/mol. The topological polar surface area (TPSA) is 66.3 Å². The lowest BCUT2D eigenvalue weighted by molar-refractivity contribution is 0.243. The summed E-state index contributed by atoms with van der Waals surface area (Å²) in [5, 5.41) is 15.7. The Morgan fingerprint density at radius 1 is 1.38 bits per heavy atom. The van der Waals surface area contributed by atoms with Crippen molar-refractivity contribution in [2.75, 3.05) is 18.5 Å². The van der Waals surface area contributed by atoms with Crippen LogP contribution in [0.4, 0.5) is 10.5 Å². The fraction of sp³-hybridized carbons (Fsp3) is 0.438. The van der Waals surface area contributed by atoms with Gasteiger partial charge < -0.3 is 20.3 Å². The highest BCUT2D eigenvalue weighted by Crippen LogP contribution is 2.20. The molecule has 0 radical (unpaired) electrons. The van der Waals surface area contributed by atoms with Crippen molar-refractivity contribution in [2.45, 2.75) is 26.8 Å². The third kappa shape index (κ3) is 3.98. The van der Waals surface area contributed by atoms with Gasteiger partial charge in [0, 0.05) is 31.6 Å². The van der Waals surface area contributed by atoms with Crippen LogP contribution in [0.2, 0.25) is 0 Å². The van der Waals surface area contributed by atoms with Gasteiger partial charge in [0.25, 0.3) is 0 Å². The Morgan fingerprint density at radius 2 is 2.19 bits per heavy atom. The molecule has 0 bridgehead atoms. The summed E-state index contributed by atoms with van der Waals surface area (Å²) in [4.78, 5) is 11.9. The van der Waals surface area contributed by atoms with Crippen LogP contribution in [-0.4, -0.2) is 28.9 Å². The summed E-state index contributed by atoms with van der Waals surface area (Å²) in [6.45, 7) is 5.69. The summed E-state index contributed by atoms with van der Waals surface area (Å²) in [5.74, 6) is 0.264. The zero-order chi connectivity index (χ0) is 15.2. The molecule has 0 aliphatic carbocycles. The maximum atomic E-state index is 11.9. The lowest BCUT2D eigenvalue weighted by atomic mass is 10.1. The van der Waals surface area contributed by atoms with Crippen molar-refractivity contribution in [1.82, 2.24) is 9.88 Å². The van der Waals surface area contributed by atoms with Crippen LogP contribution >= 0.6 is 0 Å². The molecule has 2 aromatic rings. The number of aliphatic hydroxyl groups excluding tert-OH is 1. The molecule has 0 saturated carbocycles. The zero-order valence-electron chi connectivity index (χ0n) is 12.6. The molecule has 5 nitrogen and oxygen atoms in total. The number of nitrogens with zero attached hydrogens (tertiary/aromatic N) is 1. The van der Waals surface area contributed by atoms with Crippen LogP contribution in [-0.2, 0) is 6.54 Å². The molecule has 1 aromatic heterocycles. The molecule has 114 valence electrons. The first kappa shape index (κ1) is 15.4. The summed E-state index contributed by atoms with van der Waals surface area (Å²) in [7, 11) is 0. The molecule has 0 fully saturated rings. The van der Waals surface area contributed by atoms with E-state index in [1.807, 2.05) is 31.3 Å². The molecule has 1 heterocycles. The minimum absolute atomic E-state index is 0.148. The molecular weight excluding hydrogens is 266 g/mol. The van der Waals surface area contributed by atoms with Crippen LogP contribution < -0.4 is 10.6 Å². The van der Waals surface area contributed by atoms with Crippen LogP contribution in [0, 0.1) is 5.92 Å². The molecule has 0 spiro atoms. The molecule has 0 aliphatic heterocycles. The summed E-state index contributed by atoms with van der Waals surface area (Å²) in [5.41, 5.74) is 1.90. The normalized spacial score (nSPS) is 12.3. The number of fused-ring (bicyclic) bond motifs is 1. The van der Waals surface area contributed by atoms with E-state index in [0.717, 1.165) is 17.7 Å². The van der Waals surface area contributed by atoms with Gasteiger partial charge in [0.2, 0.25) is 0 Å². The first-order valence-corrected chi connectivity index (χ1v) is 7.38. The van der Waals surface area contributed by atoms with Crippen LogP contribution in [0.15, 0.2) is 30.5 Å². The van der Waals surface area contributed by atoms with Gasteiger partial charge >= 0.3 is 6.03 Å². The van der Waals surface area contributed by atoms with Gasteiger partial charge in [0.15, 0.2) is 0 Å². The van der Waals surface area contributed by atoms with E-state index >= 15 is 0 Å². The number of aliphatic hydroxyl groups is 1. The highest BCUT2D eigenvalue weighted by Gasteiger charge is 2.07. The van der Waals surface area contributed by atoms with Gasteiger partial charge in [-0.05, 0) is 42.8 Å². The molecule has 1 unspecified atom stereocenters. The van der Waals surface area contributed by atoms with E-state index in [9.17, 15) is 4.79 Å². The fourth-order valence-electron chi connectivity index (χ4n) is 2.30. The van der Waals surface area contributed by atoms with Gasteiger partial charge in [0.05, 0.1) is 5.52 Å². The lowest BCUT2D eigenvalue weighted by Crippen LogP contribution is -2.32. The van der Waals surface area contributed by atoms with Crippen molar-refractivity contribution in [2.24, 2.45) is 5.92 Å². The number of nitrogens with one attached hydrogen (secondary N) is 2. The summed E-state index contributed by atoms with van der Waals surface area (Å²) in [6, 6.07) is 7.74. The molecule has 2 amide bonds. The Kier molecular flexibility index (Phi) is 5.22. The minimum atomic E-state index is -0.214. The summed E-state index contributed by atoms with van der Waals surface area (Å²) >= 11 is 0. The number of carbonyl (C=O) groups excluding carboxylic acids is 1. The summed E-state index contributed by atoms with van der Waals surface area (Å²) in [6.07, 6.45) is 2.74. The number of aryl methyl sites for hydroxylation is 1. The Hall–Kier alpha value is -2.01. The minimum Gasteiger partial charge on any atom is -0.396 e. The van der Waals surface area contributed by atoms with Crippen molar-refractivity contribution in [1.29, 1.82) is 0 Å². The first-order valence-electron chi connectivity index (χ1n) is 7.38. The van der Waals surface area contributed by atoms with Crippen LogP contribution in [0.1, 0.15) is 20.3 Å². The second-order valence-electron chi connectivity index (χ2n) is 5.33. The third-order valence-electron chi connectivity index (χ3n) is 3.61. The Bertz CT molecular complexity index is 607. The van der Waals surface area contributed by atoms with E-state index in [1.54, 1.807) is 0 Å². The monoisotopic (exact) mass is 289 g/mol. The maximum Gasteiger partial charge on any atom is 0.319 e. The molecule has 0 saturated heterocycles. The van der Waals surface area contributed by atoms with Gasteiger partial charge in [-0.1, -0.05) is 13.0 Å². The molecular formula is C16H23N3O2. The van der Waals surface area contributed by atoms with Gasteiger partial charge in [0.1, 0.15) is 0 Å². The van der Waals surface area contributed by atoms with Crippen molar-refractivity contribution in [3.8, 4) is 0 Å². The number of hydrogen-bond acceptors (Lipinski definition) is 2. The van der Waals surface area contributed by atoms with E-state index in [4.69, 9.17) is 5.11 Å². The molecule has 1 aromatic carbocycles. The van der Waals surface area contributed by atoms with Gasteiger partial charge in [-0.2, -0.15) is 0 Å². The lowest BCUT2D eigenvalue weighted by Gasteiger charge is -2.12. The van der Waals surface area contributed by atoms with E-state index < -0.39 is 0 Å². The molecule has 0 aliphatic rings. The maximum absolute atomic E-state index is 11.9. The highest BCUT2D eigenvalue weighted by molar-refractivity contribution is 5.92. The summed E-state index contributed by atoms with van der Waals surface area (Å²) < 4.78 is 2.14. The smallest absolute Gasteiger partial charge is 0.319 e. The fourth-order valence-corrected chi connectivity index (χ4v) is 2.30. The SMILES string of the molecule is CCn1ccc2ccc(NC(=O)NCC(C)CCO)cc21. The molecule has 3 N–H and O–H groups in total. The standard InChI is InChI=1S/C16H23N3O2/c1-3-19-8-6-13-4-5-14(10-15(13)19)18-16(21)17-11-12(2)7-9-20/h4-6,8,10,12,20H,3,7,9,11H2,1-2H3,(H2,17,18,21). The van der Waals surface area contributed by atoms with E-state index in [2.05, 4.69) is 28.2 Å². The third-order valence-corrected chi connectivity index (χ3v) is 3.61. The van der Waals surface area contributed by atoms with Gasteiger partial charge in [-0.15, -0.1) is 0 Å². The first-order chi connectivity index (χ1) is 10.1. The average molecular weight is 289 g/mol. The zero-order valence-corrected chi connectivity index (χ0v) is 12.6. The average Bonchev–Trinajstić information content (AvgIpc) is 2.88. The Balaban J connectivity index is 1.97. The quantitative estimate of drug-likeness (QED) is 0.765. The largest absolute Gasteiger partial charge is 0.396 e. The molecule has 1 atom stereocenters. The van der Waals surface area contributed by atoms with Crippen LogP contribution in [0.3, 0.4) is 0 Å². The van der Waals surface area contributed by atoms with E-state index in [-0.39, 0.29) is 18.6 Å². The van der Waals surface area contributed by atoms with Crippen LogP contribution in [0.25, 0.3) is 10.9 Å². The molecule has 2 rings (SSSR count). The van der Waals surface area contributed by atoms with E-state index in [0.29, 0.717) is 13.0 Å². The number of aromatic nitrogens is 1. The molecule has 5 heteroatoms. The van der Waals surface area contributed by atoms with Crippen LogP contribution in [0.5, 0.6) is 0 Å². The van der Waals surface area contributed by atoms with Gasteiger partial charge in [-0.3, -0.25) is 0 Å². The van der Waals surface area contributed by atoms with Crippen molar-refractivity contribution >= 4 is 22.6 Å². The number of hydrogen-bond donors (Lipinski definition) is 3. The second-order valence-corrected chi connectivity index (χ2v) is 5.33. The number of amides is 2. The number of carbonyl (C=O) groups is 1. The number of rotatable bonds is 6. The Morgan fingerprint density at radius 3 is 2.90 bits per heavy atom. The number of anilines is 1. The van der Waals surface area contributed by atoms with Gasteiger partial charge in [-0.25, -0.2) is 4.79 Å². The number of benzene rings is 1.